The minimum Gasteiger partial charge on any atom is -0.490 e. The number of guanidine groups is 1. The molecule has 0 aromatic heterocycles. The number of benzene rings is 1. The number of nitrogens with zero attached hydrogens (tertiary/aromatic N) is 2. The number of carbonyl (C=O) groups excluding carboxylic acids is 1. The molecule has 0 aliphatic carbocycles. The number of aliphatic hydroxyl groups is 1. The number of halogens is 1. The van der Waals surface area contributed by atoms with E-state index in [9.17, 15) is 4.79 Å². The molecule has 0 saturated carbocycles. The Morgan fingerprint density at radius 1 is 1.57 bits per heavy atom. The van der Waals surface area contributed by atoms with Crippen molar-refractivity contribution in [3.63, 3.8) is 0 Å². The number of aliphatic imine (C=N–C) groups is 1. The molecule has 3 rings (SSSR count). The lowest BCUT2D eigenvalue weighted by Crippen LogP contribution is -2.36. The Balaban J connectivity index is 1.95. The minimum atomic E-state index is -0.213. The van der Waals surface area contributed by atoms with Crippen molar-refractivity contribution < 1.29 is 14.6 Å². The van der Waals surface area contributed by atoms with Crippen LogP contribution in [0.3, 0.4) is 0 Å². The fourth-order valence-electron chi connectivity index (χ4n) is 2.63. The van der Waals surface area contributed by atoms with Gasteiger partial charge in [0.15, 0.2) is 0 Å². The Hall–Kier alpha value is -1.79. The molecule has 2 N–H and O–H groups in total. The van der Waals surface area contributed by atoms with Crippen LogP contribution < -0.4 is 10.1 Å². The molecule has 6 nitrogen and oxygen atoms in total. The molecule has 1 atom stereocenters. The van der Waals surface area contributed by atoms with E-state index < -0.39 is 0 Å². The van der Waals surface area contributed by atoms with Crippen molar-refractivity contribution in [2.24, 2.45) is 4.99 Å². The molecular formula is C14H16ClN3O3. The molecule has 2 aliphatic heterocycles. The van der Waals surface area contributed by atoms with Crippen LogP contribution in [-0.2, 0) is 11.3 Å². The van der Waals surface area contributed by atoms with Crippen LogP contribution in [0.2, 0.25) is 5.02 Å². The van der Waals surface area contributed by atoms with Gasteiger partial charge in [0.1, 0.15) is 18.4 Å². The quantitative estimate of drug-likeness (QED) is 0.882. The lowest BCUT2D eigenvalue weighted by atomic mass is 10.1. The van der Waals surface area contributed by atoms with Crippen LogP contribution in [0.25, 0.3) is 0 Å². The fourth-order valence-corrected chi connectivity index (χ4v) is 2.91. The van der Waals surface area contributed by atoms with Gasteiger partial charge in [-0.25, -0.2) is 4.99 Å². The Morgan fingerprint density at radius 3 is 3.10 bits per heavy atom. The summed E-state index contributed by atoms with van der Waals surface area (Å²) >= 11 is 6.37. The molecule has 2 aliphatic rings. The van der Waals surface area contributed by atoms with Crippen LogP contribution in [0.1, 0.15) is 18.9 Å². The van der Waals surface area contributed by atoms with E-state index in [0.717, 1.165) is 11.3 Å². The lowest BCUT2D eigenvalue weighted by molar-refractivity contribution is -0.121. The van der Waals surface area contributed by atoms with Crippen LogP contribution in [0, 0.1) is 0 Å². The van der Waals surface area contributed by atoms with Crippen molar-refractivity contribution in [2.45, 2.75) is 25.9 Å². The highest BCUT2D eigenvalue weighted by Crippen LogP contribution is 2.39. The van der Waals surface area contributed by atoms with Crippen LogP contribution in [0.15, 0.2) is 17.1 Å². The number of rotatable bonds is 4. The van der Waals surface area contributed by atoms with Gasteiger partial charge in [0.2, 0.25) is 11.9 Å². The van der Waals surface area contributed by atoms with E-state index in [4.69, 9.17) is 21.4 Å². The summed E-state index contributed by atoms with van der Waals surface area (Å²) in [6.45, 7) is 2.60. The van der Waals surface area contributed by atoms with E-state index in [-0.39, 0.29) is 25.2 Å². The lowest BCUT2D eigenvalue weighted by Gasteiger charge is -2.28. The van der Waals surface area contributed by atoms with Crippen LogP contribution in [-0.4, -0.2) is 41.1 Å². The molecule has 112 valence electrons. The zero-order valence-corrected chi connectivity index (χ0v) is 12.4. The SMILES string of the molecule is CCC1C(=O)NC2=Nc3ccc(OCCO)c(Cl)c3CN21. The average Bonchev–Trinajstić information content (AvgIpc) is 2.79. The highest BCUT2D eigenvalue weighted by molar-refractivity contribution is 6.33. The molecular weight excluding hydrogens is 294 g/mol. The normalized spacial score (nSPS) is 19.8. The van der Waals surface area contributed by atoms with Gasteiger partial charge in [0.25, 0.3) is 0 Å². The molecule has 0 radical (unpaired) electrons. The Bertz CT molecular complexity index is 618. The van der Waals surface area contributed by atoms with Crippen molar-refractivity contribution in [3.8, 4) is 5.75 Å². The first-order chi connectivity index (χ1) is 10.2. The van der Waals surface area contributed by atoms with E-state index in [1.807, 2.05) is 17.9 Å². The summed E-state index contributed by atoms with van der Waals surface area (Å²) in [4.78, 5) is 18.3. The van der Waals surface area contributed by atoms with Gasteiger partial charge in [-0.05, 0) is 18.6 Å². The molecule has 1 amide bonds. The third kappa shape index (κ3) is 2.34. The molecule has 1 unspecified atom stereocenters. The summed E-state index contributed by atoms with van der Waals surface area (Å²) in [6.07, 6.45) is 0.707. The predicted molar refractivity (Wildman–Crippen MR) is 78.9 cm³/mol. The summed E-state index contributed by atoms with van der Waals surface area (Å²) in [6, 6.07) is 3.32. The summed E-state index contributed by atoms with van der Waals surface area (Å²) in [5.41, 5.74) is 1.57. The van der Waals surface area contributed by atoms with E-state index in [1.165, 1.54) is 0 Å². The molecule has 1 saturated heterocycles. The highest BCUT2D eigenvalue weighted by atomic mass is 35.5. The van der Waals surface area contributed by atoms with Crippen molar-refractivity contribution in [3.05, 3.63) is 22.7 Å². The summed E-state index contributed by atoms with van der Waals surface area (Å²) in [5.74, 6) is 1.08. The molecule has 0 bridgehead atoms. The van der Waals surface area contributed by atoms with Gasteiger partial charge in [-0.1, -0.05) is 18.5 Å². The molecule has 2 heterocycles. The predicted octanol–water partition coefficient (Wildman–Crippen LogP) is 1.42. The Morgan fingerprint density at radius 2 is 2.38 bits per heavy atom. The smallest absolute Gasteiger partial charge is 0.249 e. The zero-order chi connectivity index (χ0) is 15.0. The monoisotopic (exact) mass is 309 g/mol. The summed E-state index contributed by atoms with van der Waals surface area (Å²) < 4.78 is 5.41. The first-order valence-electron chi connectivity index (χ1n) is 6.87. The standard InChI is InChI=1S/C14H16ClN3O3/c1-2-10-13(20)17-14-16-9-3-4-11(21-6-5-19)12(15)8(9)7-18(10)14/h3-4,10,19H,2,5-7H2,1H3,(H,16,17,20). The van der Waals surface area contributed by atoms with E-state index in [1.54, 1.807) is 6.07 Å². The number of hydrogen-bond acceptors (Lipinski definition) is 5. The maximum absolute atomic E-state index is 11.9. The summed E-state index contributed by atoms with van der Waals surface area (Å²) in [5, 5.41) is 12.1. The van der Waals surface area contributed by atoms with Gasteiger partial charge >= 0.3 is 0 Å². The van der Waals surface area contributed by atoms with Crippen molar-refractivity contribution in [2.75, 3.05) is 13.2 Å². The number of aliphatic hydroxyl groups excluding tert-OH is 1. The Kier molecular flexibility index (Phi) is 3.73. The number of ether oxygens (including phenoxy) is 1. The number of carbonyl (C=O) groups is 1. The van der Waals surface area contributed by atoms with Gasteiger partial charge in [-0.2, -0.15) is 0 Å². The van der Waals surface area contributed by atoms with E-state index in [0.29, 0.717) is 29.7 Å². The van der Waals surface area contributed by atoms with Crippen molar-refractivity contribution in [1.82, 2.24) is 10.2 Å². The van der Waals surface area contributed by atoms with Gasteiger partial charge in [0.05, 0.1) is 23.9 Å². The van der Waals surface area contributed by atoms with Crippen LogP contribution in [0.5, 0.6) is 5.75 Å². The first-order valence-corrected chi connectivity index (χ1v) is 7.24. The highest BCUT2D eigenvalue weighted by Gasteiger charge is 2.38. The molecule has 1 fully saturated rings. The number of fused-ring (bicyclic) bond motifs is 2. The zero-order valence-electron chi connectivity index (χ0n) is 11.6. The third-order valence-corrected chi connectivity index (χ3v) is 4.07. The van der Waals surface area contributed by atoms with Gasteiger partial charge in [-0.3, -0.25) is 10.1 Å². The van der Waals surface area contributed by atoms with E-state index in [2.05, 4.69) is 10.3 Å². The minimum absolute atomic E-state index is 0.0306. The summed E-state index contributed by atoms with van der Waals surface area (Å²) in [7, 11) is 0. The fraction of sp³-hybridized carbons (Fsp3) is 0.429. The maximum Gasteiger partial charge on any atom is 0.249 e. The molecule has 1 aromatic rings. The molecule has 0 spiro atoms. The maximum atomic E-state index is 11.9. The number of nitrogens with one attached hydrogen (secondary N) is 1. The van der Waals surface area contributed by atoms with Crippen molar-refractivity contribution >= 4 is 29.2 Å². The molecule has 1 aromatic carbocycles. The Labute approximate surface area is 127 Å². The van der Waals surface area contributed by atoms with Gasteiger partial charge < -0.3 is 14.7 Å². The van der Waals surface area contributed by atoms with Crippen molar-refractivity contribution in [1.29, 1.82) is 0 Å². The topological polar surface area (TPSA) is 74.2 Å². The van der Waals surface area contributed by atoms with Crippen LogP contribution in [0.4, 0.5) is 5.69 Å². The molecule has 21 heavy (non-hydrogen) atoms. The van der Waals surface area contributed by atoms with Crippen LogP contribution >= 0.6 is 11.6 Å². The van der Waals surface area contributed by atoms with Gasteiger partial charge in [-0.15, -0.1) is 0 Å². The van der Waals surface area contributed by atoms with E-state index >= 15 is 0 Å². The largest absolute Gasteiger partial charge is 0.490 e. The second-order valence-electron chi connectivity index (χ2n) is 4.92. The average molecular weight is 310 g/mol. The number of hydrogen-bond donors (Lipinski definition) is 2. The second kappa shape index (κ2) is 5.54. The number of amides is 1. The first kappa shape index (κ1) is 14.2. The van der Waals surface area contributed by atoms with Gasteiger partial charge in [0, 0.05) is 5.56 Å². The second-order valence-corrected chi connectivity index (χ2v) is 5.30. The molecule has 7 heteroatoms. The third-order valence-electron chi connectivity index (χ3n) is 3.66.